The van der Waals surface area contributed by atoms with Gasteiger partial charge in [-0.1, -0.05) is 0 Å². The lowest BCUT2D eigenvalue weighted by atomic mass is 10.4. The quantitative estimate of drug-likeness (QED) is 0.749. The van der Waals surface area contributed by atoms with E-state index in [9.17, 15) is 9.59 Å². The van der Waals surface area contributed by atoms with Crippen LogP contribution in [0.25, 0.3) is 5.65 Å². The van der Waals surface area contributed by atoms with Crippen molar-refractivity contribution in [2.75, 3.05) is 6.61 Å². The number of fused-ring (bicyclic) bond motifs is 1. The second kappa shape index (κ2) is 3.80. The molecule has 0 aliphatic rings. The second-order valence-electron chi connectivity index (χ2n) is 3.32. The number of ether oxygens (including phenoxy) is 1. The Bertz CT molecular complexity index is 597. The normalized spacial score (nSPS) is 10.6. The smallest absolute Gasteiger partial charge is 0.356 e. The number of hydrogen-bond donors (Lipinski definition) is 1. The largest absolute Gasteiger partial charge is 0.461 e. The highest BCUT2D eigenvalue weighted by atomic mass is 16.5. The molecule has 2 rings (SSSR count). The molecule has 2 heterocycles. The highest BCUT2D eigenvalue weighted by molar-refractivity contribution is 5.88. The Labute approximate surface area is 90.9 Å². The third-order valence-electron chi connectivity index (χ3n) is 2.07. The topological polar surface area (TPSA) is 76.5 Å². The zero-order chi connectivity index (χ0) is 11.7. The Morgan fingerprint density at radius 1 is 1.56 bits per heavy atom. The lowest BCUT2D eigenvalue weighted by Gasteiger charge is -1.96. The Hall–Kier alpha value is -2.11. The predicted molar refractivity (Wildman–Crippen MR) is 56.5 cm³/mol. The number of carbonyl (C=O) groups is 1. The number of aromatic nitrogens is 3. The third-order valence-corrected chi connectivity index (χ3v) is 2.07. The summed E-state index contributed by atoms with van der Waals surface area (Å²) in [7, 11) is 0. The molecule has 2 aromatic rings. The molecule has 0 radical (unpaired) electrons. The first-order valence-electron chi connectivity index (χ1n) is 4.88. The van der Waals surface area contributed by atoms with Crippen LogP contribution in [0.5, 0.6) is 0 Å². The van der Waals surface area contributed by atoms with Crippen molar-refractivity contribution in [2.45, 2.75) is 13.8 Å². The van der Waals surface area contributed by atoms with Gasteiger partial charge in [0.1, 0.15) is 5.69 Å². The number of aryl methyl sites for hydroxylation is 1. The Balaban J connectivity index is 2.56. The zero-order valence-corrected chi connectivity index (χ0v) is 8.98. The molecule has 0 aliphatic carbocycles. The van der Waals surface area contributed by atoms with Crippen LogP contribution in [-0.2, 0) is 4.74 Å². The molecule has 0 aromatic carbocycles. The van der Waals surface area contributed by atoms with Gasteiger partial charge >= 0.3 is 5.97 Å². The van der Waals surface area contributed by atoms with Crippen LogP contribution >= 0.6 is 0 Å². The van der Waals surface area contributed by atoms with E-state index >= 15 is 0 Å². The van der Waals surface area contributed by atoms with Gasteiger partial charge in [-0.05, 0) is 13.8 Å². The first-order valence-corrected chi connectivity index (χ1v) is 4.88. The lowest BCUT2D eigenvalue weighted by Crippen LogP contribution is -2.15. The van der Waals surface area contributed by atoms with Crippen molar-refractivity contribution in [1.29, 1.82) is 0 Å². The number of carbonyl (C=O) groups excluding carboxylic acids is 1. The number of hydrogen-bond acceptors (Lipinski definition) is 4. The minimum atomic E-state index is -0.495. The molecule has 6 heteroatoms. The van der Waals surface area contributed by atoms with Gasteiger partial charge in [0.15, 0.2) is 5.65 Å². The summed E-state index contributed by atoms with van der Waals surface area (Å²) in [4.78, 5) is 27.1. The molecule has 0 unspecified atom stereocenters. The summed E-state index contributed by atoms with van der Waals surface area (Å²) >= 11 is 0. The summed E-state index contributed by atoms with van der Waals surface area (Å²) in [6.07, 6.45) is 0. The Morgan fingerprint density at radius 3 is 3.00 bits per heavy atom. The molecular formula is C10H11N3O3. The van der Waals surface area contributed by atoms with Crippen LogP contribution in [0.4, 0.5) is 0 Å². The van der Waals surface area contributed by atoms with E-state index < -0.39 is 5.97 Å². The van der Waals surface area contributed by atoms with Gasteiger partial charge in [0.25, 0.3) is 5.56 Å². The average molecular weight is 221 g/mol. The van der Waals surface area contributed by atoms with E-state index in [4.69, 9.17) is 4.74 Å². The number of esters is 1. The molecule has 1 N–H and O–H groups in total. The summed E-state index contributed by atoms with van der Waals surface area (Å²) in [6, 6.07) is 2.88. The van der Waals surface area contributed by atoms with Crippen LogP contribution in [0.15, 0.2) is 16.9 Å². The summed E-state index contributed by atoms with van der Waals surface area (Å²) < 4.78 is 6.02. The molecule has 0 saturated carbocycles. The van der Waals surface area contributed by atoms with Gasteiger partial charge in [-0.2, -0.15) is 0 Å². The van der Waals surface area contributed by atoms with Crippen molar-refractivity contribution in [3.8, 4) is 0 Å². The molecule has 0 atom stereocenters. The number of aromatic amines is 1. The summed E-state index contributed by atoms with van der Waals surface area (Å²) in [5.41, 5.74) is 0.988. The fourth-order valence-corrected chi connectivity index (χ4v) is 1.42. The lowest BCUT2D eigenvalue weighted by molar-refractivity contribution is 0.0519. The minimum absolute atomic E-state index is 0.219. The molecule has 0 saturated heterocycles. The van der Waals surface area contributed by atoms with Gasteiger partial charge in [-0.15, -0.1) is 0 Å². The summed E-state index contributed by atoms with van der Waals surface area (Å²) in [5, 5.41) is 2.64. The van der Waals surface area contributed by atoms with Crippen molar-refractivity contribution < 1.29 is 9.53 Å². The molecule has 0 aliphatic heterocycles. The number of H-pyrrole nitrogens is 1. The molecule has 6 nitrogen and oxygen atoms in total. The van der Waals surface area contributed by atoms with E-state index in [0.29, 0.717) is 11.3 Å². The van der Waals surface area contributed by atoms with Crippen LogP contribution in [0, 0.1) is 6.92 Å². The molecule has 0 bridgehead atoms. The van der Waals surface area contributed by atoms with Gasteiger partial charge in [0.2, 0.25) is 0 Å². The molecule has 2 aromatic heterocycles. The number of nitrogens with zero attached hydrogens (tertiary/aromatic N) is 2. The summed E-state index contributed by atoms with van der Waals surface area (Å²) in [5.74, 6) is -0.495. The highest BCUT2D eigenvalue weighted by Gasteiger charge is 2.11. The van der Waals surface area contributed by atoms with Crippen molar-refractivity contribution in [1.82, 2.24) is 14.6 Å². The van der Waals surface area contributed by atoms with Crippen LogP contribution in [0.3, 0.4) is 0 Å². The van der Waals surface area contributed by atoms with Crippen LogP contribution < -0.4 is 5.56 Å². The predicted octanol–water partition coefficient (Wildman–Crippen LogP) is 0.508. The van der Waals surface area contributed by atoms with Crippen molar-refractivity contribution in [3.63, 3.8) is 0 Å². The monoisotopic (exact) mass is 221 g/mol. The van der Waals surface area contributed by atoms with Crippen molar-refractivity contribution >= 4 is 11.6 Å². The number of nitrogens with one attached hydrogen (secondary N) is 1. The first-order chi connectivity index (χ1) is 7.61. The van der Waals surface area contributed by atoms with Crippen molar-refractivity contribution in [3.05, 3.63) is 33.9 Å². The highest BCUT2D eigenvalue weighted by Crippen LogP contribution is 2.03. The van der Waals surface area contributed by atoms with Crippen molar-refractivity contribution in [2.24, 2.45) is 0 Å². The Morgan fingerprint density at radius 2 is 2.31 bits per heavy atom. The standard InChI is InChI=1S/C10H11N3O3/c1-3-16-10(15)7-5-8-11-6(2)4-9(14)13(8)12-7/h4-5,12H,3H2,1-2H3. The average Bonchev–Trinajstić information content (AvgIpc) is 2.62. The Kier molecular flexibility index (Phi) is 2.47. The molecule has 16 heavy (non-hydrogen) atoms. The summed E-state index contributed by atoms with van der Waals surface area (Å²) in [6.45, 7) is 3.73. The fourth-order valence-electron chi connectivity index (χ4n) is 1.42. The van der Waals surface area contributed by atoms with Gasteiger partial charge in [0, 0.05) is 17.8 Å². The first kappa shape index (κ1) is 10.4. The maximum absolute atomic E-state index is 11.5. The second-order valence-corrected chi connectivity index (χ2v) is 3.32. The van der Waals surface area contributed by atoms with E-state index in [1.165, 1.54) is 16.6 Å². The van der Waals surface area contributed by atoms with Crippen LogP contribution in [-0.4, -0.2) is 27.2 Å². The molecule has 84 valence electrons. The van der Waals surface area contributed by atoms with Gasteiger partial charge < -0.3 is 4.74 Å². The van der Waals surface area contributed by atoms with Gasteiger partial charge in [0.05, 0.1) is 6.61 Å². The molecular weight excluding hydrogens is 210 g/mol. The minimum Gasteiger partial charge on any atom is -0.461 e. The molecule has 0 amide bonds. The van der Waals surface area contributed by atoms with Crippen LogP contribution in [0.1, 0.15) is 23.1 Å². The van der Waals surface area contributed by atoms with E-state index in [1.807, 2.05) is 0 Å². The van der Waals surface area contributed by atoms with E-state index in [-0.39, 0.29) is 17.9 Å². The SMILES string of the molecule is CCOC(=O)c1cc2nc(C)cc(=O)n2[nH]1. The van der Waals surface area contributed by atoms with Crippen LogP contribution in [0.2, 0.25) is 0 Å². The molecule has 0 fully saturated rings. The molecule has 0 spiro atoms. The number of rotatable bonds is 2. The maximum atomic E-state index is 11.5. The fraction of sp³-hybridized carbons (Fsp3) is 0.300. The zero-order valence-electron chi connectivity index (χ0n) is 8.98. The van der Waals surface area contributed by atoms with E-state index in [1.54, 1.807) is 13.8 Å². The van der Waals surface area contributed by atoms with Gasteiger partial charge in [-0.25, -0.2) is 14.3 Å². The third kappa shape index (κ3) is 1.69. The maximum Gasteiger partial charge on any atom is 0.356 e. The van der Waals surface area contributed by atoms with E-state index in [2.05, 4.69) is 10.1 Å². The van der Waals surface area contributed by atoms with E-state index in [0.717, 1.165) is 0 Å². The van der Waals surface area contributed by atoms with Gasteiger partial charge in [-0.3, -0.25) is 9.89 Å².